The molecule has 1 aromatic carbocycles. The van der Waals surface area contributed by atoms with E-state index in [0.29, 0.717) is 10.6 Å². The first-order valence-electron chi connectivity index (χ1n) is 9.06. The van der Waals surface area contributed by atoms with E-state index in [1.54, 1.807) is 12.1 Å². The van der Waals surface area contributed by atoms with Gasteiger partial charge in [-0.15, -0.1) is 11.3 Å². The van der Waals surface area contributed by atoms with Gasteiger partial charge in [0, 0.05) is 10.9 Å². The molecule has 1 amide bonds. The van der Waals surface area contributed by atoms with E-state index < -0.39 is 18.5 Å². The number of para-hydroxylation sites is 1. The van der Waals surface area contributed by atoms with E-state index in [9.17, 15) is 14.4 Å². The molecule has 0 atom stereocenters. The Morgan fingerprint density at radius 2 is 1.93 bits per heavy atom. The quantitative estimate of drug-likeness (QED) is 0.648. The maximum Gasteiger partial charge on any atom is 0.348 e. The van der Waals surface area contributed by atoms with Crippen molar-refractivity contribution in [3.05, 3.63) is 68.1 Å². The summed E-state index contributed by atoms with van der Waals surface area (Å²) < 4.78 is 6.44. The summed E-state index contributed by atoms with van der Waals surface area (Å²) in [7, 11) is 0. The Morgan fingerprint density at radius 3 is 2.71 bits per heavy atom. The van der Waals surface area contributed by atoms with Crippen LogP contribution in [0.2, 0.25) is 0 Å². The summed E-state index contributed by atoms with van der Waals surface area (Å²) in [6, 6.07) is 12.2. The molecule has 4 rings (SSSR count). The predicted octanol–water partition coefficient (Wildman–Crippen LogP) is 2.90. The normalized spacial score (nSPS) is 13.0. The fraction of sp³-hybridized carbons (Fsp3) is 0.250. The lowest BCUT2D eigenvalue weighted by Gasteiger charge is -2.08. The molecule has 0 aliphatic heterocycles. The summed E-state index contributed by atoms with van der Waals surface area (Å²) in [4.78, 5) is 38.1. The minimum Gasteiger partial charge on any atom is -0.451 e. The fourth-order valence-corrected chi connectivity index (χ4v) is 4.36. The highest BCUT2D eigenvalue weighted by atomic mass is 32.1. The van der Waals surface area contributed by atoms with Gasteiger partial charge in [-0.3, -0.25) is 14.7 Å². The van der Waals surface area contributed by atoms with Gasteiger partial charge in [0.15, 0.2) is 6.61 Å². The Hall–Kier alpha value is -3.13. The second-order valence-corrected chi connectivity index (χ2v) is 7.71. The van der Waals surface area contributed by atoms with Crippen molar-refractivity contribution in [2.24, 2.45) is 0 Å². The van der Waals surface area contributed by atoms with Crippen LogP contribution in [-0.2, 0) is 22.4 Å². The lowest BCUT2D eigenvalue weighted by molar-refractivity contribution is -0.119. The second kappa shape index (κ2) is 7.85. The number of carbonyl (C=O) groups excluding carboxylic acids is 2. The highest BCUT2D eigenvalue weighted by Gasteiger charge is 2.19. The van der Waals surface area contributed by atoms with Gasteiger partial charge in [0.25, 0.3) is 11.5 Å². The lowest BCUT2D eigenvalue weighted by Crippen LogP contribution is -2.21. The zero-order chi connectivity index (χ0) is 19.5. The molecule has 2 heterocycles. The molecule has 2 N–H and O–H groups in total. The van der Waals surface area contributed by atoms with Gasteiger partial charge < -0.3 is 10.1 Å². The van der Waals surface area contributed by atoms with Crippen molar-refractivity contribution < 1.29 is 14.3 Å². The largest absolute Gasteiger partial charge is 0.451 e. The lowest BCUT2D eigenvalue weighted by atomic mass is 9.99. The van der Waals surface area contributed by atoms with Gasteiger partial charge in [0.05, 0.1) is 5.69 Å². The Morgan fingerprint density at radius 1 is 1.14 bits per heavy atom. The number of aromatic amines is 1. The number of ether oxygens (including phenoxy) is 1. The van der Waals surface area contributed by atoms with Crippen LogP contribution < -0.4 is 10.9 Å². The summed E-state index contributed by atoms with van der Waals surface area (Å²) in [6.07, 6.45) is 4.28. The molecule has 144 valence electrons. The molecule has 1 aliphatic carbocycles. The molecule has 7 nitrogen and oxygen atoms in total. The smallest absolute Gasteiger partial charge is 0.348 e. The van der Waals surface area contributed by atoms with Crippen LogP contribution >= 0.6 is 11.3 Å². The zero-order valence-corrected chi connectivity index (χ0v) is 15.9. The summed E-state index contributed by atoms with van der Waals surface area (Å²) in [6.45, 7) is -0.417. The molecule has 1 aliphatic rings. The van der Waals surface area contributed by atoms with Crippen LogP contribution in [0.5, 0.6) is 0 Å². The number of H-pyrrole nitrogens is 1. The Balaban J connectivity index is 1.35. The zero-order valence-electron chi connectivity index (χ0n) is 15.1. The molecule has 3 aromatic rings. The van der Waals surface area contributed by atoms with Crippen LogP contribution in [0.4, 0.5) is 5.82 Å². The van der Waals surface area contributed by atoms with Crippen molar-refractivity contribution in [3.63, 3.8) is 0 Å². The van der Waals surface area contributed by atoms with Crippen molar-refractivity contribution in [1.82, 2.24) is 9.78 Å². The van der Waals surface area contributed by atoms with Gasteiger partial charge in [-0.25, -0.2) is 9.48 Å². The van der Waals surface area contributed by atoms with E-state index in [1.165, 1.54) is 32.5 Å². The number of nitrogens with zero attached hydrogens (tertiary/aromatic N) is 1. The van der Waals surface area contributed by atoms with E-state index in [-0.39, 0.29) is 11.4 Å². The van der Waals surface area contributed by atoms with Crippen molar-refractivity contribution >= 4 is 29.0 Å². The van der Waals surface area contributed by atoms with Crippen LogP contribution in [0.1, 0.15) is 33.0 Å². The van der Waals surface area contributed by atoms with E-state index in [1.807, 2.05) is 24.3 Å². The topological polar surface area (TPSA) is 93.2 Å². The molecule has 0 saturated carbocycles. The number of benzene rings is 1. The average molecular weight is 397 g/mol. The molecule has 0 bridgehead atoms. The number of aryl methyl sites for hydroxylation is 2. The Labute approximate surface area is 164 Å². The Bertz CT molecular complexity index is 1040. The highest BCUT2D eigenvalue weighted by molar-refractivity contribution is 7.14. The average Bonchev–Trinajstić information content (AvgIpc) is 3.30. The number of hydrogen-bond donors (Lipinski definition) is 2. The fourth-order valence-electron chi connectivity index (χ4n) is 3.21. The second-order valence-electron chi connectivity index (χ2n) is 6.57. The number of anilines is 1. The minimum absolute atomic E-state index is 0.237. The monoisotopic (exact) mass is 397 g/mol. The number of thiophene rings is 1. The summed E-state index contributed by atoms with van der Waals surface area (Å²) >= 11 is 1.44. The molecular formula is C20H19N3O4S. The van der Waals surface area contributed by atoms with Gasteiger partial charge in [0.2, 0.25) is 0 Å². The maximum atomic E-state index is 12.2. The van der Waals surface area contributed by atoms with E-state index in [4.69, 9.17) is 4.74 Å². The minimum atomic E-state index is -0.517. The molecular weight excluding hydrogens is 378 g/mol. The van der Waals surface area contributed by atoms with Crippen molar-refractivity contribution in [3.8, 4) is 5.69 Å². The molecule has 28 heavy (non-hydrogen) atoms. The Kier molecular flexibility index (Phi) is 5.12. The van der Waals surface area contributed by atoms with Gasteiger partial charge >= 0.3 is 5.97 Å². The first-order chi connectivity index (χ1) is 13.6. The molecule has 0 radical (unpaired) electrons. The van der Waals surface area contributed by atoms with Gasteiger partial charge in [-0.2, -0.15) is 0 Å². The molecule has 0 unspecified atom stereocenters. The molecule has 0 saturated heterocycles. The van der Waals surface area contributed by atoms with E-state index in [2.05, 4.69) is 10.4 Å². The third-order valence-corrected chi connectivity index (χ3v) is 5.76. The van der Waals surface area contributed by atoms with Gasteiger partial charge in [-0.1, -0.05) is 18.2 Å². The number of fused-ring (bicyclic) bond motifs is 1. The number of nitrogens with one attached hydrogen (secondary N) is 2. The summed E-state index contributed by atoms with van der Waals surface area (Å²) in [5, 5.41) is 5.35. The number of rotatable bonds is 5. The van der Waals surface area contributed by atoms with Crippen LogP contribution in [0.3, 0.4) is 0 Å². The van der Waals surface area contributed by atoms with E-state index in [0.717, 1.165) is 25.7 Å². The first-order valence-corrected chi connectivity index (χ1v) is 9.88. The molecule has 0 spiro atoms. The number of hydrogen-bond acceptors (Lipinski definition) is 5. The van der Waals surface area contributed by atoms with Gasteiger partial charge in [0.1, 0.15) is 10.7 Å². The highest BCUT2D eigenvalue weighted by Crippen LogP contribution is 2.30. The molecule has 0 fully saturated rings. The van der Waals surface area contributed by atoms with Crippen LogP contribution in [0, 0.1) is 0 Å². The number of aromatic nitrogens is 2. The maximum absolute atomic E-state index is 12.2. The van der Waals surface area contributed by atoms with Crippen LogP contribution in [0.15, 0.2) is 47.3 Å². The number of amides is 1. The number of esters is 1. The first kappa shape index (κ1) is 18.2. The standard InChI is InChI=1S/C20H19N3O4S/c24-18(12-27-20(26)16-10-13-6-4-5-9-15(13)28-16)21-17-11-19(25)23(22-17)14-7-2-1-3-8-14/h1-3,7-8,10-11,22H,4-6,9,12H2,(H,21,24). The third-order valence-electron chi connectivity index (χ3n) is 4.54. The van der Waals surface area contributed by atoms with E-state index >= 15 is 0 Å². The van der Waals surface area contributed by atoms with Crippen LogP contribution in [0.25, 0.3) is 5.69 Å². The van der Waals surface area contributed by atoms with Crippen molar-refractivity contribution in [1.29, 1.82) is 0 Å². The SMILES string of the molecule is O=C(COC(=O)c1cc2c(s1)CCCC2)Nc1cc(=O)n(-c2ccccc2)[nH]1. The van der Waals surface area contributed by atoms with Gasteiger partial charge in [-0.05, 0) is 49.4 Å². The molecule has 2 aromatic heterocycles. The summed E-state index contributed by atoms with van der Waals surface area (Å²) in [5.74, 6) is -0.775. The van der Waals surface area contributed by atoms with Crippen LogP contribution in [-0.4, -0.2) is 28.3 Å². The third kappa shape index (κ3) is 3.91. The number of carbonyl (C=O) groups is 2. The van der Waals surface area contributed by atoms with Crippen molar-refractivity contribution in [2.75, 3.05) is 11.9 Å². The molecule has 8 heteroatoms. The van der Waals surface area contributed by atoms with Crippen molar-refractivity contribution in [2.45, 2.75) is 25.7 Å². The summed E-state index contributed by atoms with van der Waals surface area (Å²) in [5.41, 5.74) is 1.57. The predicted molar refractivity (Wildman–Crippen MR) is 106 cm³/mol.